The van der Waals surface area contributed by atoms with Gasteiger partial charge in [0.25, 0.3) is 0 Å². The number of aliphatic hydroxyl groups excluding tert-OH is 1. The number of aliphatic imine (C=N–C) groups is 1. The predicted octanol–water partition coefficient (Wildman–Crippen LogP) is -1.78. The topological polar surface area (TPSA) is 341 Å². The molecule has 0 spiro atoms. The number of carbonyl (C=O) groups excluding carboxylic acids is 9. The van der Waals surface area contributed by atoms with Gasteiger partial charge in [0.1, 0.15) is 42.3 Å². The largest absolute Gasteiger partial charge is 0.391 e. The van der Waals surface area contributed by atoms with E-state index in [9.17, 15) is 48.3 Å². The summed E-state index contributed by atoms with van der Waals surface area (Å²) in [6, 6.07) is -8.46. The van der Waals surface area contributed by atoms with Crippen LogP contribution in [0.15, 0.2) is 4.99 Å². The first-order valence-corrected chi connectivity index (χ1v) is 25.1. The number of rotatable bonds is 29. The Morgan fingerprint density at radius 2 is 1.21 bits per heavy atom. The molecular formula is C47H85N13O10. The third kappa shape index (κ3) is 19.3. The van der Waals surface area contributed by atoms with Crippen molar-refractivity contribution in [3.8, 4) is 0 Å². The first-order chi connectivity index (χ1) is 33.0. The number of likely N-dealkylation sites (tertiary alicyclic amines) is 2. The Morgan fingerprint density at radius 1 is 0.657 bits per heavy atom. The normalized spacial score (nSPS) is 19.3. The lowest BCUT2D eigenvalue weighted by molar-refractivity contribution is -0.142. The second-order valence-electron chi connectivity index (χ2n) is 19.4. The second kappa shape index (κ2) is 30.2. The van der Waals surface area contributed by atoms with E-state index >= 15 is 0 Å². The summed E-state index contributed by atoms with van der Waals surface area (Å²) in [6.07, 6.45) is 2.60. The summed E-state index contributed by atoms with van der Waals surface area (Å²) in [5.74, 6) is -6.58. The molecule has 23 nitrogen and oxygen atoms in total. The summed E-state index contributed by atoms with van der Waals surface area (Å²) in [7, 11) is 1.83. The Labute approximate surface area is 413 Å². The van der Waals surface area contributed by atoms with Gasteiger partial charge in [0, 0.05) is 19.6 Å². The van der Waals surface area contributed by atoms with Crippen LogP contribution in [0.25, 0.3) is 0 Å². The van der Waals surface area contributed by atoms with Crippen molar-refractivity contribution in [3.63, 3.8) is 0 Å². The minimum atomic E-state index is -1.59. The molecule has 398 valence electrons. The van der Waals surface area contributed by atoms with E-state index in [0.29, 0.717) is 51.6 Å². The highest BCUT2D eigenvalue weighted by atomic mass is 16.3. The summed E-state index contributed by atoms with van der Waals surface area (Å²) >= 11 is 0. The maximum absolute atomic E-state index is 14.2. The minimum absolute atomic E-state index is 0.102. The number of nitrogens with one attached hydrogen (secondary N) is 8. The molecule has 2 heterocycles. The number of hydrogen-bond acceptors (Lipinski definition) is 12. The van der Waals surface area contributed by atoms with Crippen LogP contribution in [0.3, 0.4) is 0 Å². The van der Waals surface area contributed by atoms with Crippen LogP contribution in [-0.4, -0.2) is 168 Å². The van der Waals surface area contributed by atoms with Crippen molar-refractivity contribution in [2.75, 3.05) is 39.8 Å². The molecule has 2 fully saturated rings. The van der Waals surface area contributed by atoms with Crippen molar-refractivity contribution >= 4 is 59.1 Å². The molecule has 0 saturated carbocycles. The highest BCUT2D eigenvalue weighted by molar-refractivity contribution is 5.98. The first-order valence-electron chi connectivity index (χ1n) is 25.1. The van der Waals surface area contributed by atoms with Gasteiger partial charge in [-0.3, -0.25) is 53.0 Å². The number of carbonyl (C=O) groups is 9. The van der Waals surface area contributed by atoms with Gasteiger partial charge in [-0.1, -0.05) is 61.3 Å². The molecule has 10 atom stereocenters. The number of aliphatic hydroxyl groups is 1. The molecule has 2 saturated heterocycles. The number of guanidine groups is 1. The maximum atomic E-state index is 14.2. The Kier molecular flexibility index (Phi) is 26.1. The predicted molar refractivity (Wildman–Crippen MR) is 264 cm³/mol. The number of nitrogens with two attached hydrogens (primary N) is 2. The van der Waals surface area contributed by atoms with Crippen molar-refractivity contribution in [3.05, 3.63) is 0 Å². The van der Waals surface area contributed by atoms with Crippen molar-refractivity contribution in [1.29, 1.82) is 0 Å². The summed E-state index contributed by atoms with van der Waals surface area (Å²) in [5, 5.41) is 32.3. The molecule has 2 rings (SSSR count). The molecule has 0 bridgehead atoms. The fraction of sp³-hybridized carbons (Fsp3) is 0.787. The van der Waals surface area contributed by atoms with Gasteiger partial charge in [0.2, 0.25) is 53.2 Å². The third-order valence-electron chi connectivity index (χ3n) is 12.7. The van der Waals surface area contributed by atoms with Gasteiger partial charge >= 0.3 is 0 Å². The van der Waals surface area contributed by atoms with Gasteiger partial charge in [-0.15, -0.1) is 0 Å². The van der Waals surface area contributed by atoms with E-state index in [1.54, 1.807) is 34.6 Å². The molecule has 0 aromatic rings. The maximum Gasteiger partial charge on any atom is 0.245 e. The average molecular weight is 992 g/mol. The standard InChI is InChI=1S/C47H85N13O10/c1-11-17-30(39(63)57-37(28(8)12-2)44(68)54-31(18-14-21-51-47(48)49)46(70)60-23-16-20-34(60)42(66)50-13-3)53-45(69)38(29(9)61)58-40(64)32(24-26(4)5)55-43(67)36(27(6)7)56-35(62)25-52-41(65)33-19-15-22-59(33)10/h26-34,36-38,61H,11-25H2,1-10H3,(H,50,66)(H,52,65)(H,53,69)(H,54,68)(H,55,67)(H,56,62)(H,57,63)(H,58,64)(H4,48,49,51)/t28-,29+,30-,31-,32+,33-,34-,36-,37-,38-/m0/s1. The number of hydrogen-bond donors (Lipinski definition) is 11. The average Bonchev–Trinajstić information content (AvgIpc) is 3.97. The summed E-state index contributed by atoms with van der Waals surface area (Å²) in [4.78, 5) is 130. The van der Waals surface area contributed by atoms with Gasteiger partial charge < -0.3 is 64.0 Å². The zero-order valence-electron chi connectivity index (χ0n) is 43.2. The van der Waals surface area contributed by atoms with E-state index in [-0.39, 0.29) is 62.1 Å². The summed E-state index contributed by atoms with van der Waals surface area (Å²) < 4.78 is 0. The summed E-state index contributed by atoms with van der Waals surface area (Å²) in [6.45, 7) is 16.8. The van der Waals surface area contributed by atoms with Crippen LogP contribution in [0.5, 0.6) is 0 Å². The van der Waals surface area contributed by atoms with Crippen molar-refractivity contribution in [1.82, 2.24) is 52.3 Å². The van der Waals surface area contributed by atoms with Crippen LogP contribution in [0.4, 0.5) is 0 Å². The lowest BCUT2D eigenvalue weighted by Crippen LogP contribution is -2.62. The lowest BCUT2D eigenvalue weighted by Gasteiger charge is -2.31. The number of amides is 9. The molecule has 0 aliphatic carbocycles. The van der Waals surface area contributed by atoms with Crippen LogP contribution >= 0.6 is 0 Å². The molecule has 0 aromatic heterocycles. The van der Waals surface area contributed by atoms with Gasteiger partial charge in [0.15, 0.2) is 5.96 Å². The highest BCUT2D eigenvalue weighted by Crippen LogP contribution is 2.21. The van der Waals surface area contributed by atoms with Gasteiger partial charge in [-0.2, -0.15) is 0 Å². The smallest absolute Gasteiger partial charge is 0.245 e. The van der Waals surface area contributed by atoms with E-state index in [0.717, 1.165) is 13.0 Å². The minimum Gasteiger partial charge on any atom is -0.391 e. The molecule has 70 heavy (non-hydrogen) atoms. The van der Waals surface area contributed by atoms with Crippen molar-refractivity contribution in [2.24, 2.45) is 34.2 Å². The van der Waals surface area contributed by atoms with Gasteiger partial charge in [0.05, 0.1) is 18.7 Å². The Morgan fingerprint density at radius 3 is 1.77 bits per heavy atom. The van der Waals surface area contributed by atoms with E-state index < -0.39 is 102 Å². The Bertz CT molecular complexity index is 1810. The molecule has 2 aliphatic rings. The zero-order chi connectivity index (χ0) is 52.8. The summed E-state index contributed by atoms with van der Waals surface area (Å²) in [5.41, 5.74) is 11.0. The SMILES string of the molecule is CCC[C@H](NC(=O)[C@@H](NC(=O)[C@@H](CC(C)C)NC(=O)[C@@H](NC(=O)CNC(=O)[C@@H]1CCCN1C)C(C)C)[C@@H](C)O)C(=O)N[C@H](C(=O)N[C@@H](CCCN=C(N)N)C(=O)N1CCC[C@H]1C(=O)NCC)[C@@H](C)CC. The van der Waals surface area contributed by atoms with Crippen molar-refractivity contribution < 1.29 is 48.3 Å². The lowest BCUT2D eigenvalue weighted by atomic mass is 9.96. The Hall–Kier alpha value is -5.58. The molecule has 23 heteroatoms. The van der Waals surface area contributed by atoms with Crippen molar-refractivity contribution in [2.45, 2.75) is 181 Å². The first kappa shape index (κ1) is 60.5. The second-order valence-corrected chi connectivity index (χ2v) is 19.4. The fourth-order valence-electron chi connectivity index (χ4n) is 8.50. The molecule has 9 amide bonds. The van der Waals surface area contributed by atoms with Crippen LogP contribution in [0.1, 0.15) is 127 Å². The van der Waals surface area contributed by atoms with Crippen LogP contribution < -0.4 is 54.0 Å². The van der Waals surface area contributed by atoms with Gasteiger partial charge in [-0.25, -0.2) is 0 Å². The van der Waals surface area contributed by atoms with E-state index in [1.165, 1.54) is 11.8 Å². The molecule has 0 unspecified atom stereocenters. The quantitative estimate of drug-likeness (QED) is 0.0225. The fourth-order valence-corrected chi connectivity index (χ4v) is 8.50. The molecule has 13 N–H and O–H groups in total. The van der Waals surface area contributed by atoms with E-state index in [4.69, 9.17) is 11.5 Å². The molecule has 2 aliphatic heterocycles. The highest BCUT2D eigenvalue weighted by Gasteiger charge is 2.40. The third-order valence-corrected chi connectivity index (χ3v) is 12.7. The molecule has 0 radical (unpaired) electrons. The Balaban J connectivity index is 2.26. The molecular weight excluding hydrogens is 907 g/mol. The monoisotopic (exact) mass is 992 g/mol. The van der Waals surface area contributed by atoms with Crippen LogP contribution in [0.2, 0.25) is 0 Å². The number of likely N-dealkylation sites (N-methyl/N-ethyl adjacent to an activating group) is 2. The van der Waals surface area contributed by atoms with E-state index in [2.05, 4.69) is 47.5 Å². The van der Waals surface area contributed by atoms with Gasteiger partial charge in [-0.05, 0) is 96.6 Å². The number of nitrogens with zero attached hydrogens (tertiary/aromatic N) is 3. The van der Waals surface area contributed by atoms with Crippen LogP contribution in [-0.2, 0) is 43.2 Å². The molecule has 0 aromatic carbocycles. The van der Waals surface area contributed by atoms with E-state index in [1.807, 2.05) is 32.7 Å². The van der Waals surface area contributed by atoms with Crippen LogP contribution in [0, 0.1) is 17.8 Å². The zero-order valence-corrected chi connectivity index (χ0v) is 43.2.